The molecule has 22 heteroatoms. The van der Waals surface area contributed by atoms with Crippen molar-refractivity contribution in [3.05, 3.63) is 35.9 Å². The molecule has 1 aromatic carbocycles. The van der Waals surface area contributed by atoms with Crippen LogP contribution in [0.5, 0.6) is 0 Å². The number of Topliss-reactive ketones (excluding diaryl/α,β-unsaturated/α-hetero) is 1. The van der Waals surface area contributed by atoms with Crippen LogP contribution in [0.2, 0.25) is 0 Å². The summed E-state index contributed by atoms with van der Waals surface area (Å²) >= 11 is 0. The number of carbonyl (C=O) groups excluding carboxylic acids is 4. The Bertz CT molecular complexity index is 2150. The van der Waals surface area contributed by atoms with Gasteiger partial charge in [-0.3, -0.25) is 14.4 Å². The number of cyclic esters (lactones) is 1. The van der Waals surface area contributed by atoms with Crippen LogP contribution in [0.3, 0.4) is 0 Å². The fourth-order valence-corrected chi connectivity index (χ4v) is 11.7. The molecule has 0 aliphatic carbocycles. The summed E-state index contributed by atoms with van der Waals surface area (Å²) in [7, 11) is 4.21. The number of hydrogen-bond acceptors (Lipinski definition) is 21. The van der Waals surface area contributed by atoms with E-state index in [2.05, 4.69) is 10.5 Å². The number of rotatable bonds is 17. The predicted octanol–water partition coefficient (Wildman–Crippen LogP) is 5.00. The lowest BCUT2D eigenvalue weighted by Gasteiger charge is -2.46. The Hall–Kier alpha value is -3.91. The van der Waals surface area contributed by atoms with Crippen LogP contribution < -0.4 is 5.32 Å². The summed E-state index contributed by atoms with van der Waals surface area (Å²) in [6.45, 7) is 21.7. The average Bonchev–Trinajstić information content (AvgIpc) is 3.42. The second-order valence-corrected chi connectivity index (χ2v) is 23.4. The van der Waals surface area contributed by atoms with Gasteiger partial charge in [-0.05, 0) is 65.4 Å². The van der Waals surface area contributed by atoms with Crippen LogP contribution in [0.4, 0.5) is 4.79 Å². The highest BCUT2D eigenvalue weighted by molar-refractivity contribution is 5.91. The molecule has 0 spiro atoms. The minimum absolute atomic E-state index is 0.0225. The van der Waals surface area contributed by atoms with Crippen LogP contribution in [0.15, 0.2) is 35.5 Å². The number of aliphatic hydroxyl groups is 4. The Kier molecular flexibility index (Phi) is 24.1. The van der Waals surface area contributed by atoms with Gasteiger partial charge in [0.25, 0.3) is 0 Å². The van der Waals surface area contributed by atoms with E-state index in [1.807, 2.05) is 44.2 Å². The largest absolute Gasteiger partial charge is 0.461 e. The van der Waals surface area contributed by atoms with E-state index in [0.717, 1.165) is 5.56 Å². The van der Waals surface area contributed by atoms with Gasteiger partial charge in [0.2, 0.25) is 0 Å². The molecule has 1 amide bonds. The number of carbonyl (C=O) groups is 4. The van der Waals surface area contributed by atoms with E-state index in [1.165, 1.54) is 35.2 Å². The minimum atomic E-state index is -2.01. The maximum atomic E-state index is 15.8. The Labute approximate surface area is 466 Å². The highest BCUT2D eigenvalue weighted by atomic mass is 16.7. The first-order valence-electron chi connectivity index (χ1n) is 27.8. The molecule has 1 aromatic rings. The maximum absolute atomic E-state index is 15.8. The van der Waals surface area contributed by atoms with Crippen molar-refractivity contribution < 1.29 is 96.5 Å². The van der Waals surface area contributed by atoms with E-state index in [9.17, 15) is 30.0 Å². The third kappa shape index (κ3) is 16.6. The third-order valence-corrected chi connectivity index (χ3v) is 16.0. The lowest BCUT2D eigenvalue weighted by molar-refractivity contribution is -0.305. The summed E-state index contributed by atoms with van der Waals surface area (Å²) < 4.78 is 69.3. The van der Waals surface area contributed by atoms with Gasteiger partial charge < -0.3 is 82.7 Å². The molecule has 0 saturated carbocycles. The lowest BCUT2D eigenvalue weighted by Crippen LogP contribution is -2.59. The monoisotopic (exact) mass is 1120 g/mol. The molecular weight excluding hydrogens is 1030 g/mol. The number of nitrogens with one attached hydrogen (secondary N) is 1. The molecule has 4 aliphatic heterocycles. The van der Waals surface area contributed by atoms with E-state index in [1.54, 1.807) is 62.3 Å². The van der Waals surface area contributed by atoms with Crippen molar-refractivity contribution in [2.45, 2.75) is 226 Å². The molecule has 4 fully saturated rings. The first-order valence-corrected chi connectivity index (χ1v) is 27.8. The number of alkyl carbamates (subject to hydrolysis) is 1. The fraction of sp³-hybridized carbons (Fsp3) is 0.807. The van der Waals surface area contributed by atoms with Crippen molar-refractivity contribution >= 4 is 29.5 Å². The topological polar surface area (TPSA) is 284 Å². The van der Waals surface area contributed by atoms with Gasteiger partial charge in [0, 0.05) is 57.8 Å². The molecule has 22 nitrogen and oxygen atoms in total. The van der Waals surface area contributed by atoms with Gasteiger partial charge >= 0.3 is 18.0 Å². The highest BCUT2D eigenvalue weighted by Gasteiger charge is 2.53. The van der Waals surface area contributed by atoms with Crippen molar-refractivity contribution in [1.82, 2.24) is 5.32 Å². The van der Waals surface area contributed by atoms with Gasteiger partial charge in [-0.2, -0.15) is 0 Å². The summed E-state index contributed by atoms with van der Waals surface area (Å²) in [5.74, 6) is -8.11. The van der Waals surface area contributed by atoms with Crippen molar-refractivity contribution in [3.63, 3.8) is 0 Å². The second kappa shape index (κ2) is 28.9. The van der Waals surface area contributed by atoms with Crippen LogP contribution in [0.1, 0.15) is 121 Å². The Morgan fingerprint density at radius 2 is 1.44 bits per heavy atom. The molecule has 23 atom stereocenters. The molecule has 1 unspecified atom stereocenters. The van der Waals surface area contributed by atoms with Crippen molar-refractivity contribution in [1.29, 1.82) is 0 Å². The Balaban J connectivity index is 1.70. The number of hydrogen-bond donors (Lipinski definition) is 5. The molecule has 450 valence electrons. The van der Waals surface area contributed by atoms with Gasteiger partial charge in [-0.1, -0.05) is 84.0 Å². The Morgan fingerprint density at radius 3 is 2.05 bits per heavy atom. The molecule has 0 aromatic heterocycles. The average molecular weight is 1130 g/mol. The number of oxime groups is 1. The molecule has 4 heterocycles. The van der Waals surface area contributed by atoms with Gasteiger partial charge in [-0.25, -0.2) is 4.79 Å². The minimum Gasteiger partial charge on any atom is -0.461 e. The zero-order valence-corrected chi connectivity index (χ0v) is 49.1. The maximum Gasteiger partial charge on any atom is 0.408 e. The van der Waals surface area contributed by atoms with Crippen LogP contribution in [-0.4, -0.2) is 181 Å². The molecule has 0 bridgehead atoms. The van der Waals surface area contributed by atoms with E-state index >= 15 is 9.59 Å². The quantitative estimate of drug-likeness (QED) is 0.0779. The number of nitrogens with zero attached hydrogens (tertiary/aromatic N) is 1. The molecule has 4 saturated heterocycles. The van der Waals surface area contributed by atoms with Crippen molar-refractivity contribution in [3.8, 4) is 0 Å². The van der Waals surface area contributed by atoms with Crippen molar-refractivity contribution in [2.75, 3.05) is 27.9 Å². The summed E-state index contributed by atoms with van der Waals surface area (Å²) in [6.07, 6.45) is -17.4. The van der Waals surface area contributed by atoms with Crippen LogP contribution in [0, 0.1) is 41.4 Å². The van der Waals surface area contributed by atoms with Crippen LogP contribution in [-0.2, 0) is 77.9 Å². The lowest BCUT2D eigenvalue weighted by atomic mass is 9.74. The second-order valence-electron chi connectivity index (χ2n) is 23.4. The van der Waals surface area contributed by atoms with Crippen LogP contribution >= 0.6 is 0 Å². The zero-order chi connectivity index (χ0) is 58.8. The third-order valence-electron chi connectivity index (χ3n) is 16.0. The number of ether oxygens (including phenoxy) is 11. The number of esters is 2. The number of amides is 1. The number of ketones is 1. The first kappa shape index (κ1) is 65.9. The zero-order valence-electron chi connectivity index (χ0n) is 49.1. The standard InChI is InChI=1S/C57H92N2O20/c1-28(2)22-40(60)75-46-33(7)45(30(4)27-71-54-49(69-15)48(68-14)42(61)36(10)74-54)77-52(65)35(9)47(76-41-25-56(12,67)51(64)37(11)73-41)32(6)44(78-53-43(62)39(59-70-16)23-31(5)72-53)29(3)24-57(13,50(63)34(46)8)79-55(66)58-26-38-20-18-17-19-21-38/h17-21,28-37,41-49,51,53-54,61-62,64,67H,22-27H2,1-16H3,(H,58,66)/b59-39+/t29-,30?,31+,32+,33-,34+,35+,36+,37-,41-,42+,43+,44-,45+,46+,47-,48+,49+,51-,53-,54+,56+,57-/m0/s1. The van der Waals surface area contributed by atoms with E-state index < -0.39 is 163 Å². The van der Waals surface area contributed by atoms with E-state index in [-0.39, 0.29) is 50.5 Å². The summed E-state index contributed by atoms with van der Waals surface area (Å²) in [5.41, 5.74) is -2.70. The first-order chi connectivity index (χ1) is 37.1. The normalized spacial score (nSPS) is 40.9. The Morgan fingerprint density at radius 1 is 0.785 bits per heavy atom. The SMILES string of the molecule is CO/N=C1\C[C@@H](C)O[C@@H](O[C@@H]2[C@@H](C)[C@H](O[C@H]3C[C@@](C)(O)[C@@H](O)[C@H](C)O3)[C@@H](C)C(=O)O[C@H](C(C)CO[C@@H]3O[C@H](C)[C@@H](O)[C@@H](OC)[C@H]3OC)[C@H](C)[C@@H](OC(=O)CC(C)C)[C@@H](C)C(=O)[C@@](C)(OC(=O)NCc3ccccc3)C[C@@H]2C)[C@@H]1O. The molecule has 4 aliphatic rings. The predicted molar refractivity (Wildman–Crippen MR) is 285 cm³/mol. The summed E-state index contributed by atoms with van der Waals surface area (Å²) in [5, 5.41) is 51.9. The van der Waals surface area contributed by atoms with Crippen LogP contribution in [0.25, 0.3) is 0 Å². The molecule has 0 radical (unpaired) electrons. The smallest absolute Gasteiger partial charge is 0.408 e. The highest BCUT2D eigenvalue weighted by Crippen LogP contribution is 2.41. The molecule has 5 rings (SSSR count). The number of aliphatic hydroxyl groups excluding tert-OH is 3. The van der Waals surface area contributed by atoms with Gasteiger partial charge in [0.15, 0.2) is 30.3 Å². The summed E-state index contributed by atoms with van der Waals surface area (Å²) in [6, 6.07) is 9.12. The molecule has 5 N–H and O–H groups in total. The summed E-state index contributed by atoms with van der Waals surface area (Å²) in [4.78, 5) is 64.3. The fourth-order valence-electron chi connectivity index (χ4n) is 11.7. The van der Waals surface area contributed by atoms with E-state index in [0.29, 0.717) is 0 Å². The van der Waals surface area contributed by atoms with Gasteiger partial charge in [-0.15, -0.1) is 0 Å². The molecule has 79 heavy (non-hydrogen) atoms. The number of methoxy groups -OCH3 is 2. The number of benzene rings is 1. The van der Waals surface area contributed by atoms with Gasteiger partial charge in [0.1, 0.15) is 49.8 Å². The van der Waals surface area contributed by atoms with Crippen molar-refractivity contribution in [2.24, 2.45) is 46.6 Å². The molecular formula is C57H92N2O20. The van der Waals surface area contributed by atoms with Gasteiger partial charge in [0.05, 0.1) is 60.3 Å². The van der Waals surface area contributed by atoms with E-state index in [4.69, 9.17) is 56.9 Å².